The van der Waals surface area contributed by atoms with Crippen LogP contribution in [-0.4, -0.2) is 68.4 Å². The Kier molecular flexibility index (Phi) is 7.73. The van der Waals surface area contributed by atoms with Gasteiger partial charge < -0.3 is 23.8 Å². The van der Waals surface area contributed by atoms with Crippen LogP contribution >= 0.6 is 0 Å². The van der Waals surface area contributed by atoms with Gasteiger partial charge in [0.05, 0.1) is 13.7 Å². The molecule has 33 heavy (non-hydrogen) atoms. The van der Waals surface area contributed by atoms with Crippen LogP contribution in [0.5, 0.6) is 17.2 Å². The third kappa shape index (κ3) is 6.18. The summed E-state index contributed by atoms with van der Waals surface area (Å²) in [5.41, 5.74) is 2.19. The van der Waals surface area contributed by atoms with Gasteiger partial charge in [-0.15, -0.1) is 0 Å². The quantitative estimate of drug-likeness (QED) is 0.610. The van der Waals surface area contributed by atoms with Crippen LogP contribution in [0.1, 0.15) is 25.0 Å². The van der Waals surface area contributed by atoms with Crippen molar-refractivity contribution in [2.45, 2.75) is 33.0 Å². The molecule has 0 bridgehead atoms. The molecule has 2 aliphatic rings. The summed E-state index contributed by atoms with van der Waals surface area (Å²) in [5.74, 6) is 2.73. The Hall–Kier alpha value is -2.77. The molecule has 0 spiro atoms. The number of hydrogen-bond donors (Lipinski definition) is 0. The summed E-state index contributed by atoms with van der Waals surface area (Å²) >= 11 is 0. The van der Waals surface area contributed by atoms with Gasteiger partial charge >= 0.3 is 0 Å². The second-order valence-electron chi connectivity index (χ2n) is 9.04. The summed E-state index contributed by atoms with van der Waals surface area (Å²) in [4.78, 5) is 17.7. The zero-order valence-corrected chi connectivity index (χ0v) is 19.8. The molecule has 1 amide bonds. The summed E-state index contributed by atoms with van der Waals surface area (Å²) < 4.78 is 22.6. The number of benzene rings is 2. The molecule has 7 heteroatoms. The van der Waals surface area contributed by atoms with E-state index >= 15 is 0 Å². The predicted octanol–water partition coefficient (Wildman–Crippen LogP) is 3.35. The maximum atomic E-state index is 13.5. The Balaban J connectivity index is 1.43. The lowest BCUT2D eigenvalue weighted by Gasteiger charge is -2.35. The van der Waals surface area contributed by atoms with Gasteiger partial charge in [0.25, 0.3) is 5.91 Å². The Morgan fingerprint density at radius 2 is 1.91 bits per heavy atom. The number of carbonyl (C=O) groups excluding carboxylic acids is 1. The number of carbonyl (C=O) groups is 1. The molecule has 4 rings (SSSR count). The molecule has 7 nitrogen and oxygen atoms in total. The smallest absolute Gasteiger partial charge is 0.253 e. The third-order valence-corrected chi connectivity index (χ3v) is 5.84. The second-order valence-corrected chi connectivity index (χ2v) is 9.04. The SMILES string of the molecule is COc1cccc(CN2CCOC(C(=O)N(Cc3ccc4c(c3)OCCO4)CC(C)C)C2)c1. The summed E-state index contributed by atoms with van der Waals surface area (Å²) in [6.45, 7) is 9.23. The van der Waals surface area contributed by atoms with E-state index in [-0.39, 0.29) is 5.91 Å². The largest absolute Gasteiger partial charge is 0.497 e. The summed E-state index contributed by atoms with van der Waals surface area (Å²) in [5, 5.41) is 0. The molecule has 2 heterocycles. The molecule has 2 aromatic carbocycles. The number of ether oxygens (including phenoxy) is 4. The van der Waals surface area contributed by atoms with E-state index in [2.05, 4.69) is 24.8 Å². The number of methoxy groups -OCH3 is 1. The van der Waals surface area contributed by atoms with Gasteiger partial charge in [0.15, 0.2) is 11.5 Å². The first-order valence-electron chi connectivity index (χ1n) is 11.7. The summed E-state index contributed by atoms with van der Waals surface area (Å²) in [6, 6.07) is 14.0. The third-order valence-electron chi connectivity index (χ3n) is 5.84. The van der Waals surface area contributed by atoms with E-state index in [1.54, 1.807) is 7.11 Å². The summed E-state index contributed by atoms with van der Waals surface area (Å²) in [6.07, 6.45) is -0.472. The van der Waals surface area contributed by atoms with Crippen molar-refractivity contribution in [3.8, 4) is 17.2 Å². The Morgan fingerprint density at radius 3 is 2.70 bits per heavy atom. The van der Waals surface area contributed by atoms with E-state index in [4.69, 9.17) is 18.9 Å². The standard InChI is InChI=1S/C26H34N2O5/c1-19(2)15-28(17-21-7-8-23-24(14-21)33-12-11-32-23)26(29)25-18-27(9-10-31-25)16-20-5-4-6-22(13-20)30-3/h4-8,13-14,19,25H,9-12,15-18H2,1-3H3. The number of fused-ring (bicyclic) bond motifs is 1. The molecule has 2 aliphatic heterocycles. The van der Waals surface area contributed by atoms with Crippen molar-refractivity contribution in [3.05, 3.63) is 53.6 Å². The number of hydrogen-bond acceptors (Lipinski definition) is 6. The van der Waals surface area contributed by atoms with Gasteiger partial charge in [-0.3, -0.25) is 9.69 Å². The Labute approximate surface area is 196 Å². The fourth-order valence-electron chi connectivity index (χ4n) is 4.31. The fraction of sp³-hybridized carbons (Fsp3) is 0.500. The molecular weight excluding hydrogens is 420 g/mol. The monoisotopic (exact) mass is 454 g/mol. The lowest BCUT2D eigenvalue weighted by atomic mass is 10.1. The molecular formula is C26H34N2O5. The lowest BCUT2D eigenvalue weighted by Crippen LogP contribution is -2.51. The molecule has 2 aromatic rings. The van der Waals surface area contributed by atoms with Crippen LogP contribution in [-0.2, 0) is 22.6 Å². The lowest BCUT2D eigenvalue weighted by molar-refractivity contribution is -0.151. The van der Waals surface area contributed by atoms with Crippen LogP contribution in [0.25, 0.3) is 0 Å². The average molecular weight is 455 g/mol. The van der Waals surface area contributed by atoms with Crippen molar-refractivity contribution < 1.29 is 23.7 Å². The number of morpholine rings is 1. The zero-order valence-electron chi connectivity index (χ0n) is 19.8. The minimum absolute atomic E-state index is 0.0360. The number of amides is 1. The van der Waals surface area contributed by atoms with E-state index in [0.717, 1.165) is 41.5 Å². The first-order valence-corrected chi connectivity index (χ1v) is 11.7. The molecule has 0 aliphatic carbocycles. The summed E-state index contributed by atoms with van der Waals surface area (Å²) in [7, 11) is 1.67. The molecule has 0 saturated carbocycles. The zero-order chi connectivity index (χ0) is 23.2. The van der Waals surface area contributed by atoms with Gasteiger partial charge in [0, 0.05) is 32.7 Å². The first kappa shape index (κ1) is 23.4. The van der Waals surface area contributed by atoms with E-state index < -0.39 is 6.10 Å². The highest BCUT2D eigenvalue weighted by Crippen LogP contribution is 2.31. The van der Waals surface area contributed by atoms with Gasteiger partial charge in [0.1, 0.15) is 25.1 Å². The average Bonchev–Trinajstić information content (AvgIpc) is 2.83. The molecule has 1 atom stereocenters. The van der Waals surface area contributed by atoms with E-state index in [0.29, 0.717) is 45.4 Å². The molecule has 178 valence electrons. The highest BCUT2D eigenvalue weighted by atomic mass is 16.6. The van der Waals surface area contributed by atoms with E-state index in [9.17, 15) is 4.79 Å². The Bertz CT molecular complexity index is 948. The highest BCUT2D eigenvalue weighted by Gasteiger charge is 2.31. The minimum atomic E-state index is -0.472. The maximum absolute atomic E-state index is 13.5. The van der Waals surface area contributed by atoms with E-state index in [1.165, 1.54) is 0 Å². The van der Waals surface area contributed by atoms with Crippen molar-refractivity contribution >= 4 is 5.91 Å². The number of rotatable bonds is 8. The van der Waals surface area contributed by atoms with Crippen LogP contribution in [0.2, 0.25) is 0 Å². The van der Waals surface area contributed by atoms with Crippen molar-refractivity contribution in [2.24, 2.45) is 5.92 Å². The normalized spacial score (nSPS) is 18.2. The van der Waals surface area contributed by atoms with Crippen molar-refractivity contribution in [2.75, 3.05) is 46.6 Å². The Morgan fingerprint density at radius 1 is 1.09 bits per heavy atom. The molecule has 0 radical (unpaired) electrons. The van der Waals surface area contributed by atoms with Gasteiger partial charge in [-0.2, -0.15) is 0 Å². The van der Waals surface area contributed by atoms with Gasteiger partial charge in [-0.1, -0.05) is 32.0 Å². The van der Waals surface area contributed by atoms with Crippen LogP contribution in [0.3, 0.4) is 0 Å². The van der Waals surface area contributed by atoms with Crippen molar-refractivity contribution in [3.63, 3.8) is 0 Å². The fourth-order valence-corrected chi connectivity index (χ4v) is 4.31. The molecule has 0 aromatic heterocycles. The molecule has 1 fully saturated rings. The van der Waals surface area contributed by atoms with Crippen LogP contribution < -0.4 is 14.2 Å². The molecule has 1 saturated heterocycles. The maximum Gasteiger partial charge on any atom is 0.253 e. The second kappa shape index (κ2) is 10.9. The number of nitrogens with zero attached hydrogens (tertiary/aromatic N) is 2. The molecule has 1 unspecified atom stereocenters. The van der Waals surface area contributed by atoms with Crippen LogP contribution in [0, 0.1) is 5.92 Å². The van der Waals surface area contributed by atoms with Gasteiger partial charge in [-0.05, 0) is 41.3 Å². The van der Waals surface area contributed by atoms with Crippen molar-refractivity contribution in [1.82, 2.24) is 9.80 Å². The highest BCUT2D eigenvalue weighted by molar-refractivity contribution is 5.81. The van der Waals surface area contributed by atoms with Crippen LogP contribution in [0.15, 0.2) is 42.5 Å². The van der Waals surface area contributed by atoms with Gasteiger partial charge in [-0.25, -0.2) is 0 Å². The topological polar surface area (TPSA) is 60.5 Å². The minimum Gasteiger partial charge on any atom is -0.497 e. The molecule has 0 N–H and O–H groups in total. The predicted molar refractivity (Wildman–Crippen MR) is 126 cm³/mol. The van der Waals surface area contributed by atoms with Gasteiger partial charge in [0.2, 0.25) is 0 Å². The van der Waals surface area contributed by atoms with E-state index in [1.807, 2.05) is 41.3 Å². The van der Waals surface area contributed by atoms with Crippen molar-refractivity contribution in [1.29, 1.82) is 0 Å². The van der Waals surface area contributed by atoms with Crippen LogP contribution in [0.4, 0.5) is 0 Å². The first-order chi connectivity index (χ1) is 16.0.